The molecule has 0 radical (unpaired) electrons. The summed E-state index contributed by atoms with van der Waals surface area (Å²) in [5, 5.41) is 11.1. The van der Waals surface area contributed by atoms with E-state index >= 15 is 0 Å². The Balaban J connectivity index is 4.94. The van der Waals surface area contributed by atoms with Crippen LogP contribution in [0.25, 0.3) is 0 Å². The van der Waals surface area contributed by atoms with E-state index in [1.807, 2.05) is 6.92 Å². The number of rotatable bonds is 5. The minimum absolute atomic E-state index is 0.136. The summed E-state index contributed by atoms with van der Waals surface area (Å²) in [4.78, 5) is 22.9. The van der Waals surface area contributed by atoms with Gasteiger partial charge >= 0.3 is 6.09 Å². The van der Waals surface area contributed by atoms with Gasteiger partial charge in [0, 0.05) is 5.41 Å². The number of terminal acetylenes is 1. The molecule has 1 unspecified atom stereocenters. The summed E-state index contributed by atoms with van der Waals surface area (Å²) in [6.07, 6.45) is 9.20. The molecule has 0 saturated heterocycles. The maximum atomic E-state index is 12.2. The van der Waals surface area contributed by atoms with Gasteiger partial charge in [-0.2, -0.15) is 0 Å². The van der Waals surface area contributed by atoms with Crippen LogP contribution in [0.3, 0.4) is 0 Å². The summed E-state index contributed by atoms with van der Waals surface area (Å²) >= 11 is 0. The van der Waals surface area contributed by atoms with Crippen LogP contribution >= 0.6 is 0 Å². The Bertz CT molecular complexity index is 433. The molecule has 1 amide bonds. The highest BCUT2D eigenvalue weighted by Crippen LogP contribution is 2.20. The van der Waals surface area contributed by atoms with Crippen molar-refractivity contribution in [3.8, 4) is 12.3 Å². The SMILES string of the molecule is C#C/C=C\C=C(/C)CC(NC(=O)O)C(=O)C(C)(C)C. The predicted molar refractivity (Wildman–Crippen MR) is 75.8 cm³/mol. The number of nitrogens with one attached hydrogen (secondary N) is 1. The van der Waals surface area contributed by atoms with E-state index in [-0.39, 0.29) is 5.78 Å². The molecule has 0 bridgehead atoms. The summed E-state index contributed by atoms with van der Waals surface area (Å²) < 4.78 is 0. The van der Waals surface area contributed by atoms with Crippen LogP contribution in [0.5, 0.6) is 0 Å². The molecule has 0 aromatic heterocycles. The van der Waals surface area contributed by atoms with Crippen molar-refractivity contribution in [2.75, 3.05) is 0 Å². The van der Waals surface area contributed by atoms with E-state index < -0.39 is 17.6 Å². The minimum Gasteiger partial charge on any atom is -0.465 e. The molecule has 0 aliphatic carbocycles. The van der Waals surface area contributed by atoms with Gasteiger partial charge in [0.15, 0.2) is 5.78 Å². The minimum atomic E-state index is -1.20. The Kier molecular flexibility index (Phi) is 6.63. The van der Waals surface area contributed by atoms with Gasteiger partial charge in [-0.3, -0.25) is 4.79 Å². The van der Waals surface area contributed by atoms with Crippen LogP contribution in [0.2, 0.25) is 0 Å². The van der Waals surface area contributed by atoms with Gasteiger partial charge in [0.2, 0.25) is 0 Å². The van der Waals surface area contributed by atoms with Crippen LogP contribution in [0.4, 0.5) is 4.79 Å². The van der Waals surface area contributed by atoms with E-state index in [0.717, 1.165) is 5.57 Å². The second kappa shape index (κ2) is 7.42. The molecule has 0 aromatic rings. The van der Waals surface area contributed by atoms with Gasteiger partial charge in [0.25, 0.3) is 0 Å². The molecule has 0 aromatic carbocycles. The van der Waals surface area contributed by atoms with Crippen LogP contribution in [0.15, 0.2) is 23.8 Å². The lowest BCUT2D eigenvalue weighted by atomic mass is 9.84. The number of ketones is 1. The van der Waals surface area contributed by atoms with Gasteiger partial charge in [-0.15, -0.1) is 6.42 Å². The average Bonchev–Trinajstić information content (AvgIpc) is 2.25. The van der Waals surface area contributed by atoms with Crippen LogP contribution < -0.4 is 5.32 Å². The third-order valence-electron chi connectivity index (χ3n) is 2.45. The Labute approximate surface area is 114 Å². The lowest BCUT2D eigenvalue weighted by Gasteiger charge is -2.24. The van der Waals surface area contributed by atoms with Gasteiger partial charge in [0.05, 0.1) is 6.04 Å². The van der Waals surface area contributed by atoms with Crippen molar-refractivity contribution >= 4 is 11.9 Å². The number of carbonyl (C=O) groups excluding carboxylic acids is 1. The molecule has 0 fully saturated rings. The Morgan fingerprint density at radius 1 is 1.42 bits per heavy atom. The molecule has 1 atom stereocenters. The zero-order chi connectivity index (χ0) is 15.1. The molecule has 104 valence electrons. The molecule has 0 aliphatic rings. The Hall–Kier alpha value is -2.02. The van der Waals surface area contributed by atoms with Crippen molar-refractivity contribution in [1.29, 1.82) is 0 Å². The predicted octanol–water partition coefficient (Wildman–Crippen LogP) is 2.76. The quantitative estimate of drug-likeness (QED) is 0.592. The lowest BCUT2D eigenvalue weighted by Crippen LogP contribution is -2.45. The van der Waals surface area contributed by atoms with E-state index in [1.54, 1.807) is 32.9 Å². The van der Waals surface area contributed by atoms with E-state index in [0.29, 0.717) is 6.42 Å². The number of carboxylic acid groups (broad SMARTS) is 1. The summed E-state index contributed by atoms with van der Waals surface area (Å²) in [6, 6.07) is -0.743. The zero-order valence-electron chi connectivity index (χ0n) is 11.9. The van der Waals surface area contributed by atoms with Crippen molar-refractivity contribution in [3.63, 3.8) is 0 Å². The van der Waals surface area contributed by atoms with Crippen LogP contribution in [0.1, 0.15) is 34.1 Å². The molecule has 0 rings (SSSR count). The molecule has 0 saturated carbocycles. The van der Waals surface area contributed by atoms with E-state index in [1.165, 1.54) is 6.08 Å². The first kappa shape index (κ1) is 17.0. The highest BCUT2D eigenvalue weighted by molar-refractivity contribution is 5.91. The average molecular weight is 263 g/mol. The highest BCUT2D eigenvalue weighted by Gasteiger charge is 2.30. The molecular weight excluding hydrogens is 242 g/mol. The normalized spacial score (nSPS) is 13.9. The van der Waals surface area contributed by atoms with Crippen LogP contribution in [-0.4, -0.2) is 23.0 Å². The van der Waals surface area contributed by atoms with Crippen molar-refractivity contribution in [2.24, 2.45) is 5.41 Å². The summed E-state index contributed by atoms with van der Waals surface area (Å²) in [7, 11) is 0. The second-order valence-corrected chi connectivity index (χ2v) is 5.36. The van der Waals surface area contributed by atoms with Gasteiger partial charge in [-0.05, 0) is 19.4 Å². The van der Waals surface area contributed by atoms with E-state index in [4.69, 9.17) is 11.5 Å². The number of carbonyl (C=O) groups is 2. The third kappa shape index (κ3) is 7.10. The summed E-state index contributed by atoms with van der Waals surface area (Å²) in [6.45, 7) is 7.13. The number of allylic oxidation sites excluding steroid dienone is 3. The number of Topliss-reactive ketones (excluding diaryl/α,β-unsaturated/α-hetero) is 1. The van der Waals surface area contributed by atoms with Gasteiger partial charge < -0.3 is 10.4 Å². The monoisotopic (exact) mass is 263 g/mol. The van der Waals surface area contributed by atoms with E-state index in [9.17, 15) is 9.59 Å². The molecular formula is C15H21NO3. The first-order valence-corrected chi connectivity index (χ1v) is 6.00. The second-order valence-electron chi connectivity index (χ2n) is 5.36. The molecule has 0 heterocycles. The van der Waals surface area contributed by atoms with Crippen LogP contribution in [-0.2, 0) is 4.79 Å². The van der Waals surface area contributed by atoms with Crippen molar-refractivity contribution in [3.05, 3.63) is 23.8 Å². The Morgan fingerprint density at radius 2 is 2.00 bits per heavy atom. The largest absolute Gasteiger partial charge is 0.465 e. The smallest absolute Gasteiger partial charge is 0.405 e. The lowest BCUT2D eigenvalue weighted by molar-refractivity contribution is -0.128. The number of amides is 1. The molecule has 0 spiro atoms. The van der Waals surface area contributed by atoms with E-state index in [2.05, 4.69) is 11.2 Å². The van der Waals surface area contributed by atoms with Gasteiger partial charge in [-0.25, -0.2) is 4.79 Å². The molecule has 19 heavy (non-hydrogen) atoms. The summed E-state index contributed by atoms with van der Waals surface area (Å²) in [5.41, 5.74) is 0.282. The van der Waals surface area contributed by atoms with Gasteiger partial charge in [0.1, 0.15) is 0 Å². The highest BCUT2D eigenvalue weighted by atomic mass is 16.4. The fourth-order valence-corrected chi connectivity index (χ4v) is 1.54. The zero-order valence-corrected chi connectivity index (χ0v) is 11.9. The number of hydrogen-bond donors (Lipinski definition) is 2. The van der Waals surface area contributed by atoms with Crippen molar-refractivity contribution in [2.45, 2.75) is 40.2 Å². The molecule has 0 aliphatic heterocycles. The first-order valence-electron chi connectivity index (χ1n) is 6.00. The van der Waals surface area contributed by atoms with Gasteiger partial charge in [-0.1, -0.05) is 44.4 Å². The topological polar surface area (TPSA) is 66.4 Å². The third-order valence-corrected chi connectivity index (χ3v) is 2.45. The molecule has 4 nitrogen and oxygen atoms in total. The Morgan fingerprint density at radius 3 is 2.42 bits per heavy atom. The fraction of sp³-hybridized carbons (Fsp3) is 0.467. The fourth-order valence-electron chi connectivity index (χ4n) is 1.54. The summed E-state index contributed by atoms with van der Waals surface area (Å²) in [5.74, 6) is 2.22. The van der Waals surface area contributed by atoms with Crippen LogP contribution in [0, 0.1) is 17.8 Å². The maximum absolute atomic E-state index is 12.2. The molecule has 4 heteroatoms. The van der Waals surface area contributed by atoms with Crippen molar-refractivity contribution in [1.82, 2.24) is 5.32 Å². The number of hydrogen-bond acceptors (Lipinski definition) is 2. The van der Waals surface area contributed by atoms with Crippen molar-refractivity contribution < 1.29 is 14.7 Å². The first-order chi connectivity index (χ1) is 8.68. The standard InChI is InChI=1S/C15H21NO3/c1-6-7-8-9-11(2)10-12(16-14(18)19)13(17)15(3,4)5/h1,7-9,12,16H,10H2,2-5H3,(H,18,19)/b8-7-,11-9+. The maximum Gasteiger partial charge on any atom is 0.405 e. The molecule has 2 N–H and O–H groups in total.